The van der Waals surface area contributed by atoms with Crippen molar-refractivity contribution in [2.24, 2.45) is 0 Å². The standard InChI is InChI=1S/C31H35NO5.C30H33NO5.2CH4.Na.H2O/c1-31(2,3)37-30(34)20-11-13-25-26(17-20)32-18-22(29(33)36-5)15-21-16-23(35-4)12-14-24(21)28(32)27(25)19-9-7-6-8-10-19;1-30(2,3)36-29(34)19-10-12-24-25(16-19)31-17-21(28(32)33)14-20-15-22(35-4)11-13-23(20)27(31)26(24)18-8-6-5-7-9-18;;;;/h11-17,19H,6-10,18H2,1-5H3;10-16,18H,5-9,17H2,1-4H3,(H,32,33);2*1H4;;1H2/q;;;;+1;/p-1. The summed E-state index contributed by atoms with van der Waals surface area (Å²) < 4.78 is 31.7. The first-order valence-electron chi connectivity index (χ1n) is 25.7. The number of benzene rings is 4. The van der Waals surface area contributed by atoms with Gasteiger partial charge in [-0.3, -0.25) is 0 Å². The van der Waals surface area contributed by atoms with Crippen LogP contribution in [0.2, 0.25) is 0 Å². The number of rotatable bonds is 8. The molecule has 2 N–H and O–H groups in total. The molecule has 4 aliphatic rings. The first-order valence-corrected chi connectivity index (χ1v) is 25.7. The largest absolute Gasteiger partial charge is 1.00 e. The van der Waals surface area contributed by atoms with Crippen molar-refractivity contribution >= 4 is 57.8 Å². The Hall–Kier alpha value is -6.12. The van der Waals surface area contributed by atoms with Crippen LogP contribution in [0.4, 0.5) is 0 Å². The molecule has 4 aromatic carbocycles. The maximum Gasteiger partial charge on any atom is 1.00 e. The third-order valence-electron chi connectivity index (χ3n) is 14.6. The molecule has 0 radical (unpaired) electrons. The van der Waals surface area contributed by atoms with Gasteiger partial charge in [-0.05, 0) is 174 Å². The van der Waals surface area contributed by atoms with Crippen molar-refractivity contribution in [2.45, 2.75) is 157 Å². The summed E-state index contributed by atoms with van der Waals surface area (Å²) >= 11 is 0. The first kappa shape index (κ1) is 61.7. The second-order valence-corrected chi connectivity index (χ2v) is 21.9. The van der Waals surface area contributed by atoms with E-state index in [-0.39, 0.29) is 79.9 Å². The Morgan fingerprint density at radius 3 is 1.29 bits per heavy atom. The third kappa shape index (κ3) is 12.9. The van der Waals surface area contributed by atoms with Gasteiger partial charge in [0.2, 0.25) is 0 Å². The zero-order valence-electron chi connectivity index (χ0n) is 45.2. The first-order chi connectivity index (χ1) is 34.9. The summed E-state index contributed by atoms with van der Waals surface area (Å²) in [5, 5.41) is 12.3. The molecule has 0 atom stereocenters. The van der Waals surface area contributed by atoms with Gasteiger partial charge in [0.25, 0.3) is 0 Å². The minimum absolute atomic E-state index is 0. The number of hydrogen-bond donors (Lipinski definition) is 1. The summed E-state index contributed by atoms with van der Waals surface area (Å²) in [5.74, 6) is 0.146. The topological polar surface area (TPSA) is 175 Å². The summed E-state index contributed by atoms with van der Waals surface area (Å²) in [6.45, 7) is 11.7. The number of aliphatic carboxylic acids is 1. The van der Waals surface area contributed by atoms with Crippen LogP contribution >= 0.6 is 0 Å². The molecule has 406 valence electrons. The normalized spacial score (nSPS) is 15.1. The molecule has 2 aliphatic heterocycles. The molecule has 0 spiro atoms. The summed E-state index contributed by atoms with van der Waals surface area (Å²) in [6, 6.07) is 23.5. The second kappa shape index (κ2) is 25.1. The molecule has 2 saturated carbocycles. The van der Waals surface area contributed by atoms with E-state index >= 15 is 0 Å². The number of carbonyl (C=O) groups excluding carboxylic acids is 3. The zero-order chi connectivity index (χ0) is 51.9. The maximum absolute atomic E-state index is 13.0. The molecule has 4 heterocycles. The molecule has 0 amide bonds. The maximum atomic E-state index is 13.0. The minimum Gasteiger partial charge on any atom is -0.870 e. The molecule has 6 aromatic rings. The number of hydrogen-bond acceptors (Lipinski definition) is 10. The van der Waals surface area contributed by atoms with Gasteiger partial charge in [-0.25, -0.2) is 19.2 Å². The molecule has 2 fully saturated rings. The molecule has 14 heteroatoms. The van der Waals surface area contributed by atoms with E-state index < -0.39 is 17.2 Å². The number of ether oxygens (including phenoxy) is 5. The average molecular weight is 1060 g/mol. The van der Waals surface area contributed by atoms with Gasteiger partial charge in [-0.1, -0.05) is 65.5 Å². The molecule has 10 rings (SSSR count). The Balaban J connectivity index is 0.000000270. The summed E-state index contributed by atoms with van der Waals surface area (Å²) in [5.41, 5.74) is 10.9. The monoisotopic (exact) mass is 1060 g/mol. The van der Waals surface area contributed by atoms with E-state index in [9.17, 15) is 24.3 Å². The zero-order valence-corrected chi connectivity index (χ0v) is 47.2. The van der Waals surface area contributed by atoms with Crippen molar-refractivity contribution in [1.29, 1.82) is 0 Å². The summed E-state index contributed by atoms with van der Waals surface area (Å²) in [6.07, 6.45) is 15.4. The predicted molar refractivity (Wildman–Crippen MR) is 301 cm³/mol. The van der Waals surface area contributed by atoms with Gasteiger partial charge in [0, 0.05) is 32.9 Å². The smallest absolute Gasteiger partial charge is 0.870 e. The molecular formula is C63H77N2NaO11. The molecule has 0 unspecified atom stereocenters. The second-order valence-electron chi connectivity index (χ2n) is 21.9. The Labute approximate surface area is 476 Å². The van der Waals surface area contributed by atoms with E-state index in [0.29, 0.717) is 40.8 Å². The fraction of sp³-hybridized carbons (Fsp3) is 0.429. The molecule has 77 heavy (non-hydrogen) atoms. The van der Waals surface area contributed by atoms with Crippen LogP contribution in [-0.4, -0.2) is 76.1 Å². The van der Waals surface area contributed by atoms with Crippen LogP contribution in [0.15, 0.2) is 83.9 Å². The van der Waals surface area contributed by atoms with Gasteiger partial charge in [0.05, 0.1) is 68.1 Å². The van der Waals surface area contributed by atoms with Crippen LogP contribution in [0.5, 0.6) is 11.5 Å². The van der Waals surface area contributed by atoms with Crippen molar-refractivity contribution in [2.75, 3.05) is 21.3 Å². The predicted octanol–water partition coefficient (Wildman–Crippen LogP) is 11.8. The third-order valence-corrected chi connectivity index (χ3v) is 14.6. The summed E-state index contributed by atoms with van der Waals surface area (Å²) in [7, 11) is 4.66. The van der Waals surface area contributed by atoms with Crippen molar-refractivity contribution < 1.29 is 83.0 Å². The minimum atomic E-state index is -0.957. The van der Waals surface area contributed by atoms with Crippen LogP contribution in [0.3, 0.4) is 0 Å². The quantitative estimate of drug-likeness (QED) is 0.0872. The van der Waals surface area contributed by atoms with Gasteiger partial charge in [0.15, 0.2) is 0 Å². The van der Waals surface area contributed by atoms with E-state index in [0.717, 1.165) is 86.9 Å². The number of methoxy groups -OCH3 is 3. The van der Waals surface area contributed by atoms with E-state index in [1.807, 2.05) is 108 Å². The number of carboxylic acids is 1. The number of nitrogens with zero attached hydrogens (tertiary/aromatic N) is 2. The molecule has 2 aromatic heterocycles. The fourth-order valence-electron chi connectivity index (χ4n) is 11.4. The Morgan fingerprint density at radius 1 is 0.532 bits per heavy atom. The SMILES string of the molecule is C.C.COC(=O)C1=Cc2cc(OC)ccc2-c2c(C3CCCCC3)c3ccc(C(=O)OC(C)(C)C)cc3n2C1.COc1ccc2c(c1)C=C(C(=O)O)Cn1c-2c(C2CCCCC2)c2ccc(C(=O)OC(C)(C)C)cc21.[Na+].[OH-]. The van der Waals surface area contributed by atoms with Gasteiger partial charge in [0.1, 0.15) is 22.7 Å². The van der Waals surface area contributed by atoms with E-state index in [2.05, 4.69) is 21.3 Å². The van der Waals surface area contributed by atoms with Crippen molar-refractivity contribution in [3.8, 4) is 34.0 Å². The van der Waals surface area contributed by atoms with E-state index in [4.69, 9.17) is 23.7 Å². The van der Waals surface area contributed by atoms with Crippen LogP contribution in [0.25, 0.3) is 56.5 Å². The van der Waals surface area contributed by atoms with E-state index in [1.54, 1.807) is 20.3 Å². The number of esters is 3. The summed E-state index contributed by atoms with van der Waals surface area (Å²) in [4.78, 5) is 51.1. The number of fused-ring (bicyclic) bond motifs is 10. The number of carbonyl (C=O) groups is 4. The van der Waals surface area contributed by atoms with Crippen LogP contribution < -0.4 is 39.0 Å². The number of carboxylic acid groups (broad SMARTS) is 1. The van der Waals surface area contributed by atoms with Gasteiger partial charge in [-0.15, -0.1) is 0 Å². The molecule has 13 nitrogen and oxygen atoms in total. The van der Waals surface area contributed by atoms with Gasteiger partial charge >= 0.3 is 53.4 Å². The van der Waals surface area contributed by atoms with Gasteiger partial charge < -0.3 is 43.4 Å². The molecule has 0 bridgehead atoms. The van der Waals surface area contributed by atoms with Crippen molar-refractivity contribution in [3.63, 3.8) is 0 Å². The van der Waals surface area contributed by atoms with Crippen LogP contribution in [0, 0.1) is 0 Å². The van der Waals surface area contributed by atoms with E-state index in [1.165, 1.54) is 56.8 Å². The molecule has 2 aliphatic carbocycles. The fourth-order valence-corrected chi connectivity index (χ4v) is 11.4. The average Bonchev–Trinajstić information content (AvgIpc) is 3.73. The van der Waals surface area contributed by atoms with Crippen molar-refractivity contribution in [3.05, 3.63) is 117 Å². The molecular weight excluding hydrogens is 984 g/mol. The van der Waals surface area contributed by atoms with Crippen LogP contribution in [0.1, 0.15) is 175 Å². The Bertz CT molecular complexity index is 3220. The Morgan fingerprint density at radius 2 is 0.922 bits per heavy atom. The number of aromatic nitrogens is 2. The van der Waals surface area contributed by atoms with Crippen LogP contribution in [-0.2, 0) is 36.9 Å². The van der Waals surface area contributed by atoms with Crippen molar-refractivity contribution in [1.82, 2.24) is 9.13 Å². The van der Waals surface area contributed by atoms with Gasteiger partial charge in [-0.2, -0.15) is 0 Å². The Kier molecular flexibility index (Phi) is 20.1. The molecule has 0 saturated heterocycles.